The van der Waals surface area contributed by atoms with E-state index in [1.165, 1.54) is 0 Å². The van der Waals surface area contributed by atoms with Crippen molar-refractivity contribution in [3.05, 3.63) is 42.9 Å². The molecule has 126 valence electrons. The highest BCUT2D eigenvalue weighted by Crippen LogP contribution is 2.21. The number of fused-ring (bicyclic) bond motifs is 1. The highest BCUT2D eigenvalue weighted by atomic mass is 15.3. The molecule has 0 saturated carbocycles. The van der Waals surface area contributed by atoms with E-state index in [2.05, 4.69) is 39.1 Å². The largest absolute Gasteiger partial charge is 0.369 e. The summed E-state index contributed by atoms with van der Waals surface area (Å²) in [5.41, 5.74) is 1.82. The van der Waals surface area contributed by atoms with Gasteiger partial charge in [-0.15, -0.1) is 0 Å². The topological polar surface area (TPSA) is 58.9 Å². The predicted octanol–water partition coefficient (Wildman–Crippen LogP) is 2.96. The van der Waals surface area contributed by atoms with Gasteiger partial charge in [0, 0.05) is 6.54 Å². The lowest BCUT2D eigenvalue weighted by molar-refractivity contribution is 0.303. The van der Waals surface area contributed by atoms with Gasteiger partial charge in [-0.3, -0.25) is 0 Å². The first-order chi connectivity index (χ1) is 11.8. The molecule has 0 fully saturated rings. The van der Waals surface area contributed by atoms with E-state index in [1.807, 2.05) is 41.2 Å². The van der Waals surface area contributed by atoms with E-state index in [-0.39, 0.29) is 0 Å². The van der Waals surface area contributed by atoms with Crippen LogP contribution in [0.4, 0.5) is 5.82 Å². The molecular formula is C18H24N6. The first-order valence-electron chi connectivity index (χ1n) is 8.53. The zero-order valence-electron chi connectivity index (χ0n) is 14.3. The van der Waals surface area contributed by atoms with Crippen LogP contribution in [0.2, 0.25) is 0 Å². The van der Waals surface area contributed by atoms with Crippen LogP contribution < -0.4 is 5.32 Å². The molecule has 0 radical (unpaired) electrons. The lowest BCUT2D eigenvalue weighted by atomic mass is 10.3. The van der Waals surface area contributed by atoms with Gasteiger partial charge in [0.25, 0.3) is 0 Å². The van der Waals surface area contributed by atoms with Gasteiger partial charge in [-0.05, 0) is 38.2 Å². The van der Waals surface area contributed by atoms with Gasteiger partial charge < -0.3 is 10.2 Å². The van der Waals surface area contributed by atoms with Crippen molar-refractivity contribution in [2.75, 3.05) is 31.5 Å². The molecule has 0 aliphatic heterocycles. The summed E-state index contributed by atoms with van der Waals surface area (Å²) in [4.78, 5) is 11.2. The van der Waals surface area contributed by atoms with Crippen molar-refractivity contribution in [2.24, 2.45) is 0 Å². The second-order valence-electron chi connectivity index (χ2n) is 5.66. The Kier molecular flexibility index (Phi) is 5.38. The number of hydrogen-bond donors (Lipinski definition) is 1. The van der Waals surface area contributed by atoms with Crippen LogP contribution in [0.1, 0.15) is 20.3 Å². The molecule has 24 heavy (non-hydrogen) atoms. The van der Waals surface area contributed by atoms with Crippen LogP contribution >= 0.6 is 0 Å². The summed E-state index contributed by atoms with van der Waals surface area (Å²) in [7, 11) is 0. The Balaban J connectivity index is 1.72. The summed E-state index contributed by atoms with van der Waals surface area (Å²) in [6.45, 7) is 8.57. The van der Waals surface area contributed by atoms with Crippen LogP contribution in [-0.2, 0) is 0 Å². The minimum absolute atomic E-state index is 0.822. The number of benzene rings is 1. The van der Waals surface area contributed by atoms with Crippen molar-refractivity contribution >= 4 is 16.9 Å². The average Bonchev–Trinajstić information content (AvgIpc) is 3.07. The minimum atomic E-state index is 0.822. The Morgan fingerprint density at radius 1 is 1.08 bits per heavy atom. The van der Waals surface area contributed by atoms with Crippen molar-refractivity contribution < 1.29 is 0 Å². The van der Waals surface area contributed by atoms with Crippen LogP contribution in [0.5, 0.6) is 0 Å². The molecule has 2 aromatic heterocycles. The van der Waals surface area contributed by atoms with Crippen LogP contribution in [0.3, 0.4) is 0 Å². The van der Waals surface area contributed by atoms with Gasteiger partial charge in [0.15, 0.2) is 5.65 Å². The van der Waals surface area contributed by atoms with Crippen molar-refractivity contribution in [1.29, 1.82) is 0 Å². The fraction of sp³-hybridized carbons (Fsp3) is 0.389. The van der Waals surface area contributed by atoms with E-state index in [0.717, 1.165) is 55.1 Å². The molecular weight excluding hydrogens is 300 g/mol. The quantitative estimate of drug-likeness (QED) is 0.646. The van der Waals surface area contributed by atoms with E-state index in [0.29, 0.717) is 0 Å². The molecule has 3 rings (SSSR count). The monoisotopic (exact) mass is 324 g/mol. The molecule has 0 saturated heterocycles. The van der Waals surface area contributed by atoms with Gasteiger partial charge in [0.05, 0.1) is 17.3 Å². The van der Waals surface area contributed by atoms with E-state index >= 15 is 0 Å². The van der Waals surface area contributed by atoms with Crippen molar-refractivity contribution in [3.8, 4) is 5.69 Å². The van der Waals surface area contributed by atoms with E-state index in [1.54, 1.807) is 6.33 Å². The molecule has 2 heterocycles. The number of nitrogens with one attached hydrogen (secondary N) is 1. The van der Waals surface area contributed by atoms with Crippen LogP contribution in [0, 0.1) is 0 Å². The van der Waals surface area contributed by atoms with Crippen LogP contribution in [-0.4, -0.2) is 50.8 Å². The summed E-state index contributed by atoms with van der Waals surface area (Å²) in [6.07, 6.45) is 4.51. The molecule has 0 aliphatic rings. The van der Waals surface area contributed by atoms with Gasteiger partial charge in [-0.2, -0.15) is 5.10 Å². The third-order valence-corrected chi connectivity index (χ3v) is 4.20. The zero-order chi connectivity index (χ0) is 16.8. The zero-order valence-corrected chi connectivity index (χ0v) is 14.3. The molecule has 0 aliphatic carbocycles. The maximum Gasteiger partial charge on any atom is 0.168 e. The van der Waals surface area contributed by atoms with Crippen molar-refractivity contribution in [2.45, 2.75) is 20.3 Å². The van der Waals surface area contributed by atoms with Crippen molar-refractivity contribution in [3.63, 3.8) is 0 Å². The minimum Gasteiger partial charge on any atom is -0.369 e. The fourth-order valence-electron chi connectivity index (χ4n) is 2.79. The molecule has 0 amide bonds. The molecule has 0 atom stereocenters. The lowest BCUT2D eigenvalue weighted by Gasteiger charge is -2.17. The standard InChI is InChI=1S/C18H24N6/c1-3-23(4-2)12-8-11-19-17-16-13-22-24(18(16)21-14-20-17)15-9-6-5-7-10-15/h5-7,9-10,13-14H,3-4,8,11-12H2,1-2H3,(H,19,20,21). The number of para-hydroxylation sites is 1. The molecule has 6 nitrogen and oxygen atoms in total. The molecule has 0 spiro atoms. The Morgan fingerprint density at radius 3 is 2.62 bits per heavy atom. The highest BCUT2D eigenvalue weighted by molar-refractivity contribution is 5.87. The molecule has 6 heteroatoms. The second kappa shape index (κ2) is 7.88. The van der Waals surface area contributed by atoms with E-state index in [9.17, 15) is 0 Å². The Morgan fingerprint density at radius 2 is 1.88 bits per heavy atom. The van der Waals surface area contributed by atoms with E-state index in [4.69, 9.17) is 0 Å². The number of anilines is 1. The predicted molar refractivity (Wildman–Crippen MR) is 97.6 cm³/mol. The van der Waals surface area contributed by atoms with Gasteiger partial charge in [-0.25, -0.2) is 14.6 Å². The van der Waals surface area contributed by atoms with Crippen molar-refractivity contribution in [1.82, 2.24) is 24.6 Å². The molecule has 1 aromatic carbocycles. The Labute approximate surface area is 142 Å². The van der Waals surface area contributed by atoms with Gasteiger partial charge in [0.1, 0.15) is 12.1 Å². The fourth-order valence-corrected chi connectivity index (χ4v) is 2.79. The normalized spacial score (nSPS) is 11.3. The summed E-state index contributed by atoms with van der Waals surface area (Å²) < 4.78 is 1.85. The number of rotatable bonds is 8. The summed E-state index contributed by atoms with van der Waals surface area (Å²) in [5, 5.41) is 8.85. The second-order valence-corrected chi connectivity index (χ2v) is 5.66. The average molecular weight is 324 g/mol. The SMILES string of the molecule is CCN(CC)CCCNc1ncnc2c1cnn2-c1ccccc1. The van der Waals surface area contributed by atoms with E-state index < -0.39 is 0 Å². The first-order valence-corrected chi connectivity index (χ1v) is 8.53. The van der Waals surface area contributed by atoms with Gasteiger partial charge in [0.2, 0.25) is 0 Å². The highest BCUT2D eigenvalue weighted by Gasteiger charge is 2.10. The van der Waals surface area contributed by atoms with Gasteiger partial charge >= 0.3 is 0 Å². The lowest BCUT2D eigenvalue weighted by Crippen LogP contribution is -2.25. The molecule has 3 aromatic rings. The van der Waals surface area contributed by atoms with Crippen LogP contribution in [0.25, 0.3) is 16.7 Å². The summed E-state index contributed by atoms with van der Waals surface area (Å²) in [6, 6.07) is 10.0. The Hall–Kier alpha value is -2.47. The number of nitrogens with zero attached hydrogens (tertiary/aromatic N) is 5. The number of aromatic nitrogens is 4. The Bertz CT molecular complexity index is 764. The van der Waals surface area contributed by atoms with Crippen LogP contribution in [0.15, 0.2) is 42.9 Å². The maximum atomic E-state index is 4.48. The number of hydrogen-bond acceptors (Lipinski definition) is 5. The molecule has 0 unspecified atom stereocenters. The third kappa shape index (κ3) is 3.54. The molecule has 1 N–H and O–H groups in total. The maximum absolute atomic E-state index is 4.48. The third-order valence-electron chi connectivity index (χ3n) is 4.20. The first kappa shape index (κ1) is 16.4. The molecule has 0 bridgehead atoms. The smallest absolute Gasteiger partial charge is 0.168 e. The van der Waals surface area contributed by atoms with Gasteiger partial charge in [-0.1, -0.05) is 32.0 Å². The summed E-state index contributed by atoms with van der Waals surface area (Å²) in [5.74, 6) is 0.849. The summed E-state index contributed by atoms with van der Waals surface area (Å²) >= 11 is 0.